The number of benzene rings is 1. The Morgan fingerprint density at radius 2 is 1.90 bits per heavy atom. The van der Waals surface area contributed by atoms with Crippen molar-refractivity contribution in [3.8, 4) is 0 Å². The molecule has 9 heteroatoms. The Balaban J connectivity index is 2.05. The Hall–Kier alpha value is -3.36. The fourth-order valence-electron chi connectivity index (χ4n) is 1.50. The molecule has 21 heavy (non-hydrogen) atoms. The van der Waals surface area contributed by atoms with Crippen LogP contribution < -0.4 is 16.6 Å². The van der Waals surface area contributed by atoms with Gasteiger partial charge in [-0.3, -0.25) is 30.6 Å². The molecule has 0 saturated carbocycles. The fraction of sp³-hybridized carbons (Fsp3) is 0. The van der Waals surface area contributed by atoms with Gasteiger partial charge in [0.2, 0.25) is 0 Å². The number of furan rings is 1. The molecule has 0 bridgehead atoms. The number of nitrogens with zero attached hydrogens (tertiary/aromatic N) is 1. The summed E-state index contributed by atoms with van der Waals surface area (Å²) in [5, 5.41) is 10.7. The van der Waals surface area contributed by atoms with E-state index in [0.29, 0.717) is 0 Å². The quantitative estimate of drug-likeness (QED) is 0.434. The first-order valence-corrected chi connectivity index (χ1v) is 5.67. The van der Waals surface area contributed by atoms with Crippen molar-refractivity contribution < 1.29 is 18.9 Å². The van der Waals surface area contributed by atoms with Crippen LogP contribution in [-0.2, 0) is 0 Å². The monoisotopic (exact) mass is 290 g/mol. The molecule has 0 fully saturated rings. The van der Waals surface area contributed by atoms with Gasteiger partial charge in [0.15, 0.2) is 5.76 Å². The average Bonchev–Trinajstić information content (AvgIpc) is 2.98. The fourth-order valence-corrected chi connectivity index (χ4v) is 1.50. The largest absolute Gasteiger partial charge is 0.459 e. The van der Waals surface area contributed by atoms with Crippen molar-refractivity contribution in [2.75, 3.05) is 5.73 Å². The molecule has 0 unspecified atom stereocenters. The number of carbonyl (C=O) groups excluding carboxylic acids is 2. The molecule has 2 aromatic rings. The third-order valence-electron chi connectivity index (χ3n) is 2.52. The number of hydrogen-bond acceptors (Lipinski definition) is 6. The minimum atomic E-state index is -0.724. The molecule has 1 aromatic carbocycles. The Labute approximate surface area is 117 Å². The molecule has 0 spiro atoms. The Bertz CT molecular complexity index is 696. The van der Waals surface area contributed by atoms with Crippen molar-refractivity contribution in [1.29, 1.82) is 0 Å². The van der Waals surface area contributed by atoms with Crippen LogP contribution in [0, 0.1) is 10.1 Å². The highest BCUT2D eigenvalue weighted by Gasteiger charge is 2.16. The smallest absolute Gasteiger partial charge is 0.305 e. The van der Waals surface area contributed by atoms with E-state index in [-0.39, 0.29) is 22.7 Å². The van der Waals surface area contributed by atoms with Gasteiger partial charge in [-0.05, 0) is 24.3 Å². The van der Waals surface area contributed by atoms with Gasteiger partial charge in [-0.15, -0.1) is 0 Å². The molecule has 0 aliphatic heterocycles. The van der Waals surface area contributed by atoms with E-state index in [1.54, 1.807) is 0 Å². The molecule has 1 heterocycles. The van der Waals surface area contributed by atoms with Gasteiger partial charge in [0.25, 0.3) is 11.6 Å². The normalized spacial score (nSPS) is 9.90. The van der Waals surface area contributed by atoms with Gasteiger partial charge in [0.05, 0.1) is 11.2 Å². The van der Waals surface area contributed by atoms with Crippen molar-refractivity contribution in [3.05, 3.63) is 58.0 Å². The lowest BCUT2D eigenvalue weighted by Crippen LogP contribution is -2.41. The van der Waals surface area contributed by atoms with Crippen LogP contribution >= 0.6 is 0 Å². The highest BCUT2D eigenvalue weighted by Crippen LogP contribution is 2.22. The first-order valence-electron chi connectivity index (χ1n) is 5.67. The number of nitrogen functional groups attached to an aromatic ring is 1. The topological polar surface area (TPSA) is 140 Å². The summed E-state index contributed by atoms with van der Waals surface area (Å²) in [5.41, 5.74) is 9.18. The van der Waals surface area contributed by atoms with Crippen molar-refractivity contribution in [2.45, 2.75) is 0 Å². The lowest BCUT2D eigenvalue weighted by atomic mass is 10.1. The molecule has 1 aromatic heterocycles. The van der Waals surface area contributed by atoms with Gasteiger partial charge in [0.1, 0.15) is 5.69 Å². The Morgan fingerprint density at radius 1 is 1.19 bits per heavy atom. The lowest BCUT2D eigenvalue weighted by Gasteiger charge is -2.06. The van der Waals surface area contributed by atoms with Crippen LogP contribution in [0.5, 0.6) is 0 Å². The number of nitro groups is 1. The zero-order valence-electron chi connectivity index (χ0n) is 10.5. The van der Waals surface area contributed by atoms with E-state index in [2.05, 4.69) is 10.9 Å². The number of hydrogen-bond donors (Lipinski definition) is 3. The van der Waals surface area contributed by atoms with Crippen LogP contribution in [0.15, 0.2) is 41.0 Å². The van der Waals surface area contributed by atoms with E-state index in [9.17, 15) is 19.7 Å². The number of hydrazine groups is 1. The zero-order valence-corrected chi connectivity index (χ0v) is 10.5. The van der Waals surface area contributed by atoms with Crippen LogP contribution in [0.4, 0.5) is 11.4 Å². The second-order valence-electron chi connectivity index (χ2n) is 3.92. The van der Waals surface area contributed by atoms with E-state index in [1.807, 2.05) is 0 Å². The van der Waals surface area contributed by atoms with Gasteiger partial charge in [-0.25, -0.2) is 0 Å². The maximum Gasteiger partial charge on any atom is 0.305 e. The van der Waals surface area contributed by atoms with Crippen molar-refractivity contribution in [3.63, 3.8) is 0 Å². The molecule has 0 aliphatic carbocycles. The third kappa shape index (κ3) is 3.15. The summed E-state index contributed by atoms with van der Waals surface area (Å²) in [4.78, 5) is 33.3. The minimum Gasteiger partial charge on any atom is -0.459 e. The Morgan fingerprint density at radius 3 is 2.52 bits per heavy atom. The molecule has 0 radical (unpaired) electrons. The maximum absolute atomic E-state index is 11.8. The molecular formula is C12H10N4O5. The van der Waals surface area contributed by atoms with E-state index in [1.165, 1.54) is 30.5 Å². The number of rotatable bonds is 3. The second kappa shape index (κ2) is 5.74. The molecule has 4 N–H and O–H groups in total. The van der Waals surface area contributed by atoms with Gasteiger partial charge < -0.3 is 10.2 Å². The number of nitro benzene ring substituents is 1. The average molecular weight is 290 g/mol. The molecule has 108 valence electrons. The SMILES string of the molecule is Nc1ccc(C(=O)NNC(=O)c2ccco2)cc1[N+](=O)[O-]. The van der Waals surface area contributed by atoms with Gasteiger partial charge in [-0.2, -0.15) is 0 Å². The number of nitrogens with two attached hydrogens (primary N) is 1. The third-order valence-corrected chi connectivity index (χ3v) is 2.52. The van der Waals surface area contributed by atoms with Crippen LogP contribution in [0.3, 0.4) is 0 Å². The molecule has 2 rings (SSSR count). The number of carbonyl (C=O) groups is 2. The molecule has 0 atom stereocenters. The van der Waals surface area contributed by atoms with E-state index >= 15 is 0 Å². The standard InChI is InChI=1S/C12H10N4O5/c13-8-4-3-7(6-9(8)16(19)20)11(17)14-15-12(18)10-2-1-5-21-10/h1-6H,13H2,(H,14,17)(H,15,18). The van der Waals surface area contributed by atoms with Crippen LogP contribution in [0.25, 0.3) is 0 Å². The van der Waals surface area contributed by atoms with E-state index in [0.717, 1.165) is 6.07 Å². The van der Waals surface area contributed by atoms with Crippen LogP contribution in [0.1, 0.15) is 20.9 Å². The zero-order chi connectivity index (χ0) is 15.4. The second-order valence-corrected chi connectivity index (χ2v) is 3.92. The summed E-state index contributed by atoms with van der Waals surface area (Å²) in [7, 11) is 0. The van der Waals surface area contributed by atoms with Gasteiger partial charge in [0, 0.05) is 11.6 Å². The summed E-state index contributed by atoms with van der Waals surface area (Å²) in [6.45, 7) is 0. The maximum atomic E-state index is 11.8. The highest BCUT2D eigenvalue weighted by molar-refractivity contribution is 5.98. The number of anilines is 1. The summed E-state index contributed by atoms with van der Waals surface area (Å²) in [6.07, 6.45) is 1.31. The molecule has 0 aliphatic rings. The molecule has 9 nitrogen and oxygen atoms in total. The lowest BCUT2D eigenvalue weighted by molar-refractivity contribution is -0.383. The summed E-state index contributed by atoms with van der Waals surface area (Å²) >= 11 is 0. The summed E-state index contributed by atoms with van der Waals surface area (Å²) in [6, 6.07) is 6.48. The Kier molecular flexibility index (Phi) is 3.84. The molecule has 2 amide bonds. The van der Waals surface area contributed by atoms with Crippen molar-refractivity contribution >= 4 is 23.2 Å². The predicted molar refractivity (Wildman–Crippen MR) is 71.1 cm³/mol. The van der Waals surface area contributed by atoms with Crippen LogP contribution in [-0.4, -0.2) is 16.7 Å². The first kappa shape index (κ1) is 14.1. The van der Waals surface area contributed by atoms with Crippen molar-refractivity contribution in [1.82, 2.24) is 10.9 Å². The molecular weight excluding hydrogens is 280 g/mol. The van der Waals surface area contributed by atoms with Gasteiger partial charge >= 0.3 is 5.91 Å². The van der Waals surface area contributed by atoms with Gasteiger partial charge in [-0.1, -0.05) is 0 Å². The summed E-state index contributed by atoms with van der Waals surface area (Å²) in [5.74, 6) is -1.37. The van der Waals surface area contributed by atoms with Crippen molar-refractivity contribution in [2.24, 2.45) is 0 Å². The van der Waals surface area contributed by atoms with E-state index < -0.39 is 16.7 Å². The van der Waals surface area contributed by atoms with E-state index in [4.69, 9.17) is 10.2 Å². The summed E-state index contributed by atoms with van der Waals surface area (Å²) < 4.78 is 4.83. The molecule has 0 saturated heterocycles. The minimum absolute atomic E-state index is 0.0126. The number of nitrogens with one attached hydrogen (secondary N) is 2. The predicted octanol–water partition coefficient (Wildman–Crippen LogP) is 0.845. The first-order chi connectivity index (χ1) is 9.99. The van der Waals surface area contributed by atoms with Crippen LogP contribution in [0.2, 0.25) is 0 Å². The number of amides is 2. The highest BCUT2D eigenvalue weighted by atomic mass is 16.6.